The van der Waals surface area contributed by atoms with Gasteiger partial charge in [-0.25, -0.2) is 0 Å². The van der Waals surface area contributed by atoms with E-state index in [9.17, 15) is 0 Å². The molecule has 94 valence electrons. The molecule has 1 unspecified atom stereocenters. The lowest BCUT2D eigenvalue weighted by molar-refractivity contribution is 0.347. The summed E-state index contributed by atoms with van der Waals surface area (Å²) in [6, 6.07) is 2.41. The van der Waals surface area contributed by atoms with E-state index in [1.807, 2.05) is 18.8 Å². The lowest BCUT2D eigenvalue weighted by Crippen LogP contribution is -2.24. The summed E-state index contributed by atoms with van der Waals surface area (Å²) >= 11 is 1.96. The Bertz CT molecular complexity index is 420. The van der Waals surface area contributed by atoms with Crippen molar-refractivity contribution >= 4 is 11.8 Å². The Hall–Kier alpha value is -0.870. The lowest BCUT2D eigenvalue weighted by atomic mass is 9.95. The molecule has 0 saturated heterocycles. The van der Waals surface area contributed by atoms with Gasteiger partial charge in [-0.15, -0.1) is 0 Å². The predicted molar refractivity (Wildman–Crippen MR) is 72.2 cm³/mol. The van der Waals surface area contributed by atoms with Gasteiger partial charge < -0.3 is 14.8 Å². The second kappa shape index (κ2) is 5.19. The molecule has 1 heterocycles. The first kappa shape index (κ1) is 12.6. The third kappa shape index (κ3) is 2.11. The minimum atomic E-state index is 0.340. The van der Waals surface area contributed by atoms with E-state index in [2.05, 4.69) is 18.3 Å². The van der Waals surface area contributed by atoms with Gasteiger partial charge in [0.15, 0.2) is 11.5 Å². The minimum Gasteiger partial charge on any atom is -0.493 e. The van der Waals surface area contributed by atoms with E-state index >= 15 is 0 Å². The number of hydrogen-bond acceptors (Lipinski definition) is 4. The Morgan fingerprint density at radius 3 is 2.71 bits per heavy atom. The van der Waals surface area contributed by atoms with Crippen LogP contribution in [0.25, 0.3) is 0 Å². The first-order valence-corrected chi connectivity index (χ1v) is 6.87. The van der Waals surface area contributed by atoms with Crippen molar-refractivity contribution in [2.45, 2.75) is 18.7 Å². The van der Waals surface area contributed by atoms with Crippen LogP contribution in [-0.4, -0.2) is 27.0 Å². The summed E-state index contributed by atoms with van der Waals surface area (Å²) in [5, 5.41) is 3.36. The average Bonchev–Trinajstić information content (AvgIpc) is 2.37. The van der Waals surface area contributed by atoms with E-state index in [1.165, 1.54) is 16.7 Å². The molecule has 0 saturated carbocycles. The van der Waals surface area contributed by atoms with Gasteiger partial charge in [-0.2, -0.15) is 11.8 Å². The van der Waals surface area contributed by atoms with Gasteiger partial charge in [0.25, 0.3) is 0 Å². The van der Waals surface area contributed by atoms with Crippen molar-refractivity contribution in [2.24, 2.45) is 0 Å². The normalized spacial score (nSPS) is 18.7. The second-order valence-corrected chi connectivity index (χ2v) is 5.21. The number of rotatable bonds is 3. The number of aryl methyl sites for hydroxylation is 1. The van der Waals surface area contributed by atoms with Gasteiger partial charge >= 0.3 is 0 Å². The zero-order valence-corrected chi connectivity index (χ0v) is 11.6. The Labute approximate surface area is 107 Å². The van der Waals surface area contributed by atoms with E-state index in [1.54, 1.807) is 14.2 Å². The molecule has 17 heavy (non-hydrogen) atoms. The highest BCUT2D eigenvalue weighted by atomic mass is 32.2. The fraction of sp³-hybridized carbons (Fsp3) is 0.538. The minimum absolute atomic E-state index is 0.340. The van der Waals surface area contributed by atoms with Crippen LogP contribution in [-0.2, 0) is 5.75 Å². The smallest absolute Gasteiger partial charge is 0.165 e. The van der Waals surface area contributed by atoms with Gasteiger partial charge in [0.05, 0.1) is 14.2 Å². The zero-order valence-electron chi connectivity index (χ0n) is 10.8. The number of fused-ring (bicyclic) bond motifs is 1. The molecule has 1 aromatic carbocycles. The molecule has 4 heteroatoms. The van der Waals surface area contributed by atoms with Crippen molar-refractivity contribution in [1.82, 2.24) is 5.32 Å². The fourth-order valence-corrected chi connectivity index (χ4v) is 3.62. The van der Waals surface area contributed by atoms with E-state index in [0.717, 1.165) is 23.0 Å². The Kier molecular flexibility index (Phi) is 3.84. The van der Waals surface area contributed by atoms with Crippen LogP contribution in [0.3, 0.4) is 0 Å². The third-order valence-corrected chi connectivity index (χ3v) is 4.33. The number of methoxy groups -OCH3 is 2. The molecule has 1 aliphatic heterocycles. The molecule has 2 rings (SSSR count). The molecule has 3 nitrogen and oxygen atoms in total. The number of benzene rings is 1. The highest BCUT2D eigenvalue weighted by molar-refractivity contribution is 7.98. The number of ether oxygens (including phenoxy) is 2. The molecule has 0 fully saturated rings. The molecular formula is C13H19NO2S. The third-order valence-electron chi connectivity index (χ3n) is 3.27. The monoisotopic (exact) mass is 253 g/mol. The lowest BCUT2D eigenvalue weighted by Gasteiger charge is -2.29. The van der Waals surface area contributed by atoms with Crippen LogP contribution in [0.5, 0.6) is 11.5 Å². The van der Waals surface area contributed by atoms with Crippen LogP contribution in [0.1, 0.15) is 22.7 Å². The van der Waals surface area contributed by atoms with Crippen LogP contribution in [0.2, 0.25) is 0 Å². The van der Waals surface area contributed by atoms with Gasteiger partial charge in [0.2, 0.25) is 0 Å². The molecule has 1 N–H and O–H groups in total. The molecule has 0 aromatic heterocycles. The Morgan fingerprint density at radius 1 is 1.35 bits per heavy atom. The molecule has 1 atom stereocenters. The topological polar surface area (TPSA) is 30.5 Å². The summed E-state index contributed by atoms with van der Waals surface area (Å²) in [4.78, 5) is 0. The predicted octanol–water partition coefficient (Wildman–Crippen LogP) is 2.52. The van der Waals surface area contributed by atoms with Crippen molar-refractivity contribution in [3.8, 4) is 11.5 Å². The van der Waals surface area contributed by atoms with Gasteiger partial charge in [-0.05, 0) is 31.2 Å². The van der Waals surface area contributed by atoms with E-state index in [0.29, 0.717) is 6.04 Å². The first-order chi connectivity index (χ1) is 8.22. The number of nitrogens with one attached hydrogen (secondary N) is 1. The highest BCUT2D eigenvalue weighted by Gasteiger charge is 2.27. The van der Waals surface area contributed by atoms with Crippen LogP contribution in [0, 0.1) is 6.92 Å². The molecule has 0 amide bonds. The summed E-state index contributed by atoms with van der Waals surface area (Å²) in [7, 11) is 5.39. The standard InChI is InChI=1S/C13H19NO2S/c1-8-5-11(15-3)13(16-4)12-9(8)6-17-7-10(12)14-2/h5,10,14H,6-7H2,1-4H3. The summed E-state index contributed by atoms with van der Waals surface area (Å²) in [6.45, 7) is 2.14. The van der Waals surface area contributed by atoms with Crippen molar-refractivity contribution in [3.63, 3.8) is 0 Å². The Morgan fingerprint density at radius 2 is 2.12 bits per heavy atom. The zero-order chi connectivity index (χ0) is 12.4. The van der Waals surface area contributed by atoms with Crippen LogP contribution >= 0.6 is 11.8 Å². The summed E-state index contributed by atoms with van der Waals surface area (Å²) in [5.74, 6) is 3.84. The first-order valence-electron chi connectivity index (χ1n) is 5.72. The summed E-state index contributed by atoms with van der Waals surface area (Å²) in [5.41, 5.74) is 3.94. The summed E-state index contributed by atoms with van der Waals surface area (Å²) < 4.78 is 11.0. The van der Waals surface area contributed by atoms with Gasteiger partial charge in [-0.3, -0.25) is 0 Å². The average molecular weight is 253 g/mol. The van der Waals surface area contributed by atoms with Crippen molar-refractivity contribution in [2.75, 3.05) is 27.0 Å². The number of hydrogen-bond donors (Lipinski definition) is 1. The molecular weight excluding hydrogens is 234 g/mol. The van der Waals surface area contributed by atoms with Crippen LogP contribution in [0.4, 0.5) is 0 Å². The maximum atomic E-state index is 5.55. The SMILES string of the molecule is CNC1CSCc2c(C)cc(OC)c(OC)c21. The van der Waals surface area contributed by atoms with E-state index < -0.39 is 0 Å². The number of thioether (sulfide) groups is 1. The quantitative estimate of drug-likeness (QED) is 0.896. The van der Waals surface area contributed by atoms with E-state index in [4.69, 9.17) is 9.47 Å². The largest absolute Gasteiger partial charge is 0.493 e. The van der Waals surface area contributed by atoms with Gasteiger partial charge in [0.1, 0.15) is 0 Å². The molecule has 1 aliphatic rings. The van der Waals surface area contributed by atoms with Crippen molar-refractivity contribution < 1.29 is 9.47 Å². The second-order valence-electron chi connectivity index (χ2n) is 4.18. The molecule has 0 bridgehead atoms. The molecule has 1 aromatic rings. The molecule has 0 spiro atoms. The molecule has 0 radical (unpaired) electrons. The van der Waals surface area contributed by atoms with Gasteiger partial charge in [-0.1, -0.05) is 0 Å². The summed E-state index contributed by atoms with van der Waals surface area (Å²) in [6.07, 6.45) is 0. The highest BCUT2D eigenvalue weighted by Crippen LogP contribution is 2.44. The maximum Gasteiger partial charge on any atom is 0.165 e. The molecule has 0 aliphatic carbocycles. The van der Waals surface area contributed by atoms with Crippen molar-refractivity contribution in [3.05, 3.63) is 22.8 Å². The van der Waals surface area contributed by atoms with Crippen LogP contribution < -0.4 is 14.8 Å². The fourth-order valence-electron chi connectivity index (χ4n) is 2.34. The van der Waals surface area contributed by atoms with Crippen molar-refractivity contribution in [1.29, 1.82) is 0 Å². The van der Waals surface area contributed by atoms with Gasteiger partial charge in [0, 0.05) is 23.1 Å². The van der Waals surface area contributed by atoms with Crippen LogP contribution in [0.15, 0.2) is 6.07 Å². The Balaban J connectivity index is 2.64. The maximum absolute atomic E-state index is 5.55. The van der Waals surface area contributed by atoms with E-state index in [-0.39, 0.29) is 0 Å².